The van der Waals surface area contributed by atoms with Crippen LogP contribution in [0, 0.1) is 15.9 Å². The van der Waals surface area contributed by atoms with Gasteiger partial charge in [0.05, 0.1) is 4.92 Å². The molecule has 0 radical (unpaired) electrons. The van der Waals surface area contributed by atoms with Crippen LogP contribution in [0.1, 0.15) is 5.56 Å². The van der Waals surface area contributed by atoms with E-state index in [-0.39, 0.29) is 17.2 Å². The molecular formula is C14H15FN4O2. The maximum absolute atomic E-state index is 12.8. The van der Waals surface area contributed by atoms with E-state index in [1.54, 1.807) is 24.3 Å². The summed E-state index contributed by atoms with van der Waals surface area (Å²) in [6, 6.07) is 11.0. The molecule has 2 rings (SSSR count). The normalized spacial score (nSPS) is 10.2. The Balaban J connectivity index is 2.06. The zero-order valence-corrected chi connectivity index (χ0v) is 11.2. The van der Waals surface area contributed by atoms with Crippen LogP contribution in [0.5, 0.6) is 0 Å². The number of nitrogens with one attached hydrogen (secondary N) is 2. The van der Waals surface area contributed by atoms with Gasteiger partial charge in [-0.1, -0.05) is 18.2 Å². The highest BCUT2D eigenvalue weighted by atomic mass is 19.1. The maximum atomic E-state index is 12.8. The van der Waals surface area contributed by atoms with Crippen molar-refractivity contribution in [2.24, 2.45) is 5.84 Å². The van der Waals surface area contributed by atoms with Crippen LogP contribution in [0.25, 0.3) is 0 Å². The summed E-state index contributed by atoms with van der Waals surface area (Å²) in [5.74, 6) is 4.99. The third-order valence-corrected chi connectivity index (χ3v) is 3.02. The number of nitro groups is 1. The lowest BCUT2D eigenvalue weighted by atomic mass is 10.1. The van der Waals surface area contributed by atoms with Gasteiger partial charge in [0.2, 0.25) is 0 Å². The predicted octanol–water partition coefficient (Wildman–Crippen LogP) is 2.67. The fourth-order valence-corrected chi connectivity index (χ4v) is 1.99. The molecule has 0 bridgehead atoms. The molecule has 21 heavy (non-hydrogen) atoms. The van der Waals surface area contributed by atoms with Gasteiger partial charge in [0.1, 0.15) is 17.2 Å². The number of para-hydroxylation sites is 1. The van der Waals surface area contributed by atoms with E-state index in [1.165, 1.54) is 18.2 Å². The monoisotopic (exact) mass is 290 g/mol. The van der Waals surface area contributed by atoms with Gasteiger partial charge in [-0.3, -0.25) is 16.0 Å². The topological polar surface area (TPSA) is 93.2 Å². The van der Waals surface area contributed by atoms with Gasteiger partial charge in [0.25, 0.3) is 0 Å². The van der Waals surface area contributed by atoms with E-state index in [1.807, 2.05) is 0 Å². The van der Waals surface area contributed by atoms with Crippen molar-refractivity contribution in [2.45, 2.75) is 6.42 Å². The Kier molecular flexibility index (Phi) is 4.68. The van der Waals surface area contributed by atoms with E-state index in [0.717, 1.165) is 5.56 Å². The number of nitro benzene ring substituents is 1. The summed E-state index contributed by atoms with van der Waals surface area (Å²) >= 11 is 0. The second-order valence-electron chi connectivity index (χ2n) is 4.41. The molecule has 6 nitrogen and oxygen atoms in total. The molecule has 110 valence electrons. The number of halogens is 1. The van der Waals surface area contributed by atoms with Gasteiger partial charge in [-0.2, -0.15) is 0 Å². The van der Waals surface area contributed by atoms with Crippen LogP contribution in [-0.2, 0) is 6.42 Å². The summed E-state index contributed by atoms with van der Waals surface area (Å²) in [7, 11) is 0. The zero-order valence-electron chi connectivity index (χ0n) is 11.2. The Morgan fingerprint density at radius 3 is 2.43 bits per heavy atom. The fourth-order valence-electron chi connectivity index (χ4n) is 1.99. The van der Waals surface area contributed by atoms with E-state index in [9.17, 15) is 14.5 Å². The highest BCUT2D eigenvalue weighted by Gasteiger charge is 2.18. The van der Waals surface area contributed by atoms with Crippen LogP contribution in [0.3, 0.4) is 0 Å². The van der Waals surface area contributed by atoms with Crippen LogP contribution in [0.4, 0.5) is 21.5 Å². The third-order valence-electron chi connectivity index (χ3n) is 3.02. The molecule has 0 unspecified atom stereocenters. The number of nitrogens with two attached hydrogens (primary N) is 1. The largest absolute Gasteiger partial charge is 0.379 e. The Hall–Kier alpha value is -2.67. The van der Waals surface area contributed by atoms with Crippen molar-refractivity contribution in [3.63, 3.8) is 0 Å². The summed E-state index contributed by atoms with van der Waals surface area (Å²) in [4.78, 5) is 10.6. The van der Waals surface area contributed by atoms with Crippen molar-refractivity contribution in [1.82, 2.24) is 0 Å². The lowest BCUT2D eigenvalue weighted by Gasteiger charge is -2.09. The first-order valence-electron chi connectivity index (χ1n) is 6.34. The summed E-state index contributed by atoms with van der Waals surface area (Å²) in [6.07, 6.45) is 0.623. The van der Waals surface area contributed by atoms with Crippen LogP contribution >= 0.6 is 0 Å². The second-order valence-corrected chi connectivity index (χ2v) is 4.41. The van der Waals surface area contributed by atoms with Gasteiger partial charge in [-0.05, 0) is 36.2 Å². The number of hydrazine groups is 1. The molecule has 2 aromatic carbocycles. The average Bonchev–Trinajstić information content (AvgIpc) is 2.48. The fraction of sp³-hybridized carbons (Fsp3) is 0.143. The molecule has 0 aliphatic carbocycles. The van der Waals surface area contributed by atoms with Crippen molar-refractivity contribution in [1.29, 1.82) is 0 Å². The first-order chi connectivity index (χ1) is 10.1. The molecular weight excluding hydrogens is 275 g/mol. The minimum atomic E-state index is -0.491. The number of nitrogens with zero attached hydrogens (tertiary/aromatic N) is 1. The number of rotatable bonds is 6. The summed E-state index contributed by atoms with van der Waals surface area (Å²) in [5.41, 5.74) is 3.78. The summed E-state index contributed by atoms with van der Waals surface area (Å²) in [6.45, 7) is 0.487. The van der Waals surface area contributed by atoms with E-state index >= 15 is 0 Å². The van der Waals surface area contributed by atoms with Crippen LogP contribution in [0.2, 0.25) is 0 Å². The second kappa shape index (κ2) is 6.67. The highest BCUT2D eigenvalue weighted by molar-refractivity contribution is 5.75. The molecule has 4 N–H and O–H groups in total. The first kappa shape index (κ1) is 14.7. The Labute approximate surface area is 120 Å². The third kappa shape index (κ3) is 3.67. The summed E-state index contributed by atoms with van der Waals surface area (Å²) in [5, 5.41) is 14.1. The van der Waals surface area contributed by atoms with Crippen molar-refractivity contribution >= 4 is 17.1 Å². The van der Waals surface area contributed by atoms with Gasteiger partial charge >= 0.3 is 5.69 Å². The van der Waals surface area contributed by atoms with Gasteiger partial charge in [0.15, 0.2) is 0 Å². The minimum Gasteiger partial charge on any atom is -0.379 e. The Morgan fingerprint density at radius 1 is 1.14 bits per heavy atom. The Bertz CT molecular complexity index is 631. The number of hydrogen-bond acceptors (Lipinski definition) is 5. The smallest absolute Gasteiger partial charge is 0.316 e. The first-order valence-corrected chi connectivity index (χ1v) is 6.34. The van der Waals surface area contributed by atoms with E-state index < -0.39 is 4.92 Å². The number of nitrogen functional groups attached to an aromatic ring is 1. The lowest BCUT2D eigenvalue weighted by Crippen LogP contribution is -2.12. The summed E-state index contributed by atoms with van der Waals surface area (Å²) < 4.78 is 12.8. The molecule has 0 fully saturated rings. The Morgan fingerprint density at radius 2 is 1.81 bits per heavy atom. The zero-order chi connectivity index (χ0) is 15.2. The predicted molar refractivity (Wildman–Crippen MR) is 79.5 cm³/mol. The van der Waals surface area contributed by atoms with Crippen LogP contribution < -0.4 is 16.6 Å². The lowest BCUT2D eigenvalue weighted by molar-refractivity contribution is -0.383. The van der Waals surface area contributed by atoms with Crippen molar-refractivity contribution in [2.75, 3.05) is 17.3 Å². The van der Waals surface area contributed by atoms with Gasteiger partial charge in [-0.15, -0.1) is 0 Å². The molecule has 0 aliphatic rings. The molecule has 0 saturated heterocycles. The molecule has 0 spiro atoms. The van der Waals surface area contributed by atoms with E-state index in [4.69, 9.17) is 5.84 Å². The highest BCUT2D eigenvalue weighted by Crippen LogP contribution is 2.31. The minimum absolute atomic E-state index is 0.0980. The van der Waals surface area contributed by atoms with Crippen LogP contribution in [0.15, 0.2) is 42.5 Å². The standard InChI is InChI=1S/C14H15FN4O2/c15-11-6-4-10(5-7-11)8-9-17-12-2-1-3-13(18-16)14(12)19(20)21/h1-7,17-18H,8-9,16H2. The molecule has 0 aromatic heterocycles. The number of benzene rings is 2. The van der Waals surface area contributed by atoms with Crippen molar-refractivity contribution in [3.8, 4) is 0 Å². The van der Waals surface area contributed by atoms with Crippen molar-refractivity contribution in [3.05, 3.63) is 64.0 Å². The van der Waals surface area contributed by atoms with Gasteiger partial charge in [0, 0.05) is 6.54 Å². The average molecular weight is 290 g/mol. The molecule has 0 aliphatic heterocycles. The maximum Gasteiger partial charge on any atom is 0.316 e. The van der Waals surface area contributed by atoms with Crippen molar-refractivity contribution < 1.29 is 9.31 Å². The quantitative estimate of drug-likeness (QED) is 0.432. The number of anilines is 2. The van der Waals surface area contributed by atoms with Gasteiger partial charge in [-0.25, -0.2) is 4.39 Å². The molecule has 0 heterocycles. The van der Waals surface area contributed by atoms with E-state index in [0.29, 0.717) is 18.7 Å². The molecule has 0 atom stereocenters. The SMILES string of the molecule is NNc1cccc(NCCc2ccc(F)cc2)c1[N+](=O)[O-]. The van der Waals surface area contributed by atoms with Crippen LogP contribution in [-0.4, -0.2) is 11.5 Å². The molecule has 2 aromatic rings. The van der Waals surface area contributed by atoms with Gasteiger partial charge < -0.3 is 10.7 Å². The number of hydrogen-bond donors (Lipinski definition) is 3. The molecule has 0 saturated carbocycles. The van der Waals surface area contributed by atoms with E-state index in [2.05, 4.69) is 10.7 Å². The molecule has 0 amide bonds. The molecule has 7 heteroatoms.